The van der Waals surface area contributed by atoms with Crippen molar-refractivity contribution in [2.75, 3.05) is 11.6 Å². The van der Waals surface area contributed by atoms with Crippen molar-refractivity contribution >= 4 is 60.8 Å². The number of halogens is 1. The molecule has 0 spiro atoms. The highest BCUT2D eigenvalue weighted by Gasteiger charge is 2.10. The fourth-order valence-corrected chi connectivity index (χ4v) is 3.91. The van der Waals surface area contributed by atoms with Gasteiger partial charge in [-0.05, 0) is 52.5 Å². The van der Waals surface area contributed by atoms with Crippen LogP contribution in [-0.4, -0.2) is 17.1 Å². The third kappa shape index (κ3) is 3.12. The van der Waals surface area contributed by atoms with Gasteiger partial charge < -0.3 is 5.32 Å². The van der Waals surface area contributed by atoms with Crippen LogP contribution < -0.4 is 5.32 Å². The smallest absolute Gasteiger partial charge is 0.256 e. The van der Waals surface area contributed by atoms with Crippen molar-refractivity contribution in [2.45, 2.75) is 4.34 Å². The minimum Gasteiger partial charge on any atom is -0.322 e. The second kappa shape index (κ2) is 6.17. The summed E-state index contributed by atoms with van der Waals surface area (Å²) in [5.41, 5.74) is 2.36. The lowest BCUT2D eigenvalue weighted by molar-refractivity contribution is 0.102. The van der Waals surface area contributed by atoms with Crippen molar-refractivity contribution in [2.24, 2.45) is 0 Å². The summed E-state index contributed by atoms with van der Waals surface area (Å²) in [4.78, 5) is 16.8. The molecule has 21 heavy (non-hydrogen) atoms. The van der Waals surface area contributed by atoms with E-state index < -0.39 is 0 Å². The number of nitrogens with zero attached hydrogens (tertiary/aromatic N) is 1. The standard InChI is InChI=1S/C15H11BrN2OS2/c1-20-15-18-12-7-6-9(8-13(12)21-15)17-14(19)10-4-2-3-5-11(10)16/h2-8H,1H3,(H,17,19). The molecule has 0 unspecified atom stereocenters. The van der Waals surface area contributed by atoms with E-state index in [0.29, 0.717) is 5.56 Å². The fourth-order valence-electron chi connectivity index (χ4n) is 1.91. The maximum Gasteiger partial charge on any atom is 0.256 e. The second-order valence-electron chi connectivity index (χ2n) is 4.30. The molecule has 0 fully saturated rings. The molecule has 0 aliphatic heterocycles. The second-order valence-corrected chi connectivity index (χ2v) is 7.24. The highest BCUT2D eigenvalue weighted by molar-refractivity contribution is 9.10. The number of rotatable bonds is 3. The fraction of sp³-hybridized carbons (Fsp3) is 0.0667. The van der Waals surface area contributed by atoms with E-state index >= 15 is 0 Å². The van der Waals surface area contributed by atoms with Crippen molar-refractivity contribution in [1.82, 2.24) is 4.98 Å². The van der Waals surface area contributed by atoms with E-state index in [-0.39, 0.29) is 5.91 Å². The molecular weight excluding hydrogens is 368 g/mol. The Morgan fingerprint density at radius 2 is 2.10 bits per heavy atom. The van der Waals surface area contributed by atoms with Crippen molar-refractivity contribution in [1.29, 1.82) is 0 Å². The van der Waals surface area contributed by atoms with Crippen LogP contribution in [0.5, 0.6) is 0 Å². The topological polar surface area (TPSA) is 42.0 Å². The van der Waals surface area contributed by atoms with Gasteiger partial charge in [0.15, 0.2) is 4.34 Å². The van der Waals surface area contributed by atoms with Crippen LogP contribution in [-0.2, 0) is 0 Å². The highest BCUT2D eigenvalue weighted by Crippen LogP contribution is 2.30. The van der Waals surface area contributed by atoms with E-state index in [1.807, 2.05) is 42.7 Å². The molecule has 1 aromatic heterocycles. The first-order valence-corrected chi connectivity index (χ1v) is 9.01. The third-order valence-electron chi connectivity index (χ3n) is 2.92. The average Bonchev–Trinajstić information content (AvgIpc) is 2.90. The molecule has 3 nitrogen and oxygen atoms in total. The van der Waals surface area contributed by atoms with Gasteiger partial charge in [0.1, 0.15) is 0 Å². The van der Waals surface area contributed by atoms with Crippen LogP contribution in [0.15, 0.2) is 51.3 Å². The van der Waals surface area contributed by atoms with Crippen LogP contribution >= 0.6 is 39.0 Å². The van der Waals surface area contributed by atoms with Crippen LogP contribution in [0.4, 0.5) is 5.69 Å². The Bertz CT molecular complexity index is 816. The van der Waals surface area contributed by atoms with Gasteiger partial charge in [0.2, 0.25) is 0 Å². The Labute approximate surface area is 138 Å². The molecule has 2 aromatic carbocycles. The quantitative estimate of drug-likeness (QED) is 0.649. The van der Waals surface area contributed by atoms with Gasteiger partial charge in [0, 0.05) is 10.2 Å². The number of thioether (sulfide) groups is 1. The van der Waals surface area contributed by atoms with Crippen LogP contribution in [0.3, 0.4) is 0 Å². The zero-order valence-corrected chi connectivity index (χ0v) is 14.3. The van der Waals surface area contributed by atoms with E-state index in [2.05, 4.69) is 26.2 Å². The van der Waals surface area contributed by atoms with Gasteiger partial charge in [0.25, 0.3) is 5.91 Å². The number of hydrogen-bond acceptors (Lipinski definition) is 4. The Kier molecular flexibility index (Phi) is 4.28. The Morgan fingerprint density at radius 3 is 2.86 bits per heavy atom. The summed E-state index contributed by atoms with van der Waals surface area (Å²) in [6.07, 6.45) is 2.01. The largest absolute Gasteiger partial charge is 0.322 e. The summed E-state index contributed by atoms with van der Waals surface area (Å²) in [6.45, 7) is 0. The molecule has 0 radical (unpaired) electrons. The molecule has 1 N–H and O–H groups in total. The Hall–Kier alpha value is -1.37. The van der Waals surface area contributed by atoms with Gasteiger partial charge in [-0.3, -0.25) is 4.79 Å². The number of hydrogen-bond donors (Lipinski definition) is 1. The monoisotopic (exact) mass is 378 g/mol. The highest BCUT2D eigenvalue weighted by atomic mass is 79.9. The van der Waals surface area contributed by atoms with Crippen molar-refractivity contribution in [3.63, 3.8) is 0 Å². The van der Waals surface area contributed by atoms with Gasteiger partial charge in [-0.25, -0.2) is 4.98 Å². The molecule has 0 saturated carbocycles. The van der Waals surface area contributed by atoms with Gasteiger partial charge in [-0.1, -0.05) is 23.9 Å². The number of carbonyl (C=O) groups excluding carboxylic acids is 1. The minimum atomic E-state index is -0.128. The molecule has 3 aromatic rings. The summed E-state index contributed by atoms with van der Waals surface area (Å²) in [5.74, 6) is -0.128. The zero-order chi connectivity index (χ0) is 14.8. The van der Waals surface area contributed by atoms with Crippen molar-refractivity contribution < 1.29 is 4.79 Å². The number of nitrogens with one attached hydrogen (secondary N) is 1. The normalized spacial score (nSPS) is 10.8. The maximum atomic E-state index is 12.3. The summed E-state index contributed by atoms with van der Waals surface area (Å²) in [6, 6.07) is 13.1. The lowest BCUT2D eigenvalue weighted by Gasteiger charge is -2.06. The molecule has 0 aliphatic carbocycles. The Balaban J connectivity index is 1.87. The molecule has 0 atom stereocenters. The summed E-state index contributed by atoms with van der Waals surface area (Å²) >= 11 is 6.65. The van der Waals surface area contributed by atoms with E-state index in [0.717, 1.165) is 24.7 Å². The molecular formula is C15H11BrN2OS2. The number of carbonyl (C=O) groups is 1. The van der Waals surface area contributed by atoms with Gasteiger partial charge in [-0.2, -0.15) is 0 Å². The first-order valence-electron chi connectivity index (χ1n) is 6.18. The number of fused-ring (bicyclic) bond motifs is 1. The van der Waals surface area contributed by atoms with E-state index in [1.165, 1.54) is 0 Å². The molecule has 3 rings (SSSR count). The molecule has 106 valence electrons. The first kappa shape index (κ1) is 14.6. The molecule has 6 heteroatoms. The van der Waals surface area contributed by atoms with Gasteiger partial charge in [0.05, 0.1) is 15.8 Å². The van der Waals surface area contributed by atoms with E-state index in [9.17, 15) is 4.79 Å². The van der Waals surface area contributed by atoms with Gasteiger partial charge >= 0.3 is 0 Å². The molecule has 1 heterocycles. The maximum absolute atomic E-state index is 12.3. The Morgan fingerprint density at radius 1 is 1.29 bits per heavy atom. The van der Waals surface area contributed by atoms with Crippen molar-refractivity contribution in [3.05, 3.63) is 52.5 Å². The van der Waals surface area contributed by atoms with Crippen LogP contribution in [0, 0.1) is 0 Å². The summed E-state index contributed by atoms with van der Waals surface area (Å²) < 4.78 is 2.88. The van der Waals surface area contributed by atoms with E-state index in [4.69, 9.17) is 0 Å². The van der Waals surface area contributed by atoms with Crippen molar-refractivity contribution in [3.8, 4) is 0 Å². The molecule has 0 saturated heterocycles. The SMILES string of the molecule is CSc1nc2ccc(NC(=O)c3ccccc3Br)cc2s1. The molecule has 1 amide bonds. The predicted octanol–water partition coefficient (Wildman–Crippen LogP) is 5.03. The van der Waals surface area contributed by atoms with Crippen LogP contribution in [0.25, 0.3) is 10.2 Å². The number of amides is 1. The predicted molar refractivity (Wildman–Crippen MR) is 93.5 cm³/mol. The number of thiazole rings is 1. The number of aromatic nitrogens is 1. The summed E-state index contributed by atoms with van der Waals surface area (Å²) in [5, 5.41) is 2.92. The lowest BCUT2D eigenvalue weighted by atomic mass is 10.2. The minimum absolute atomic E-state index is 0.128. The molecule has 0 aliphatic rings. The number of anilines is 1. The lowest BCUT2D eigenvalue weighted by Crippen LogP contribution is -2.12. The van der Waals surface area contributed by atoms with E-state index in [1.54, 1.807) is 29.2 Å². The number of benzene rings is 2. The van der Waals surface area contributed by atoms with Crippen LogP contribution in [0.1, 0.15) is 10.4 Å². The zero-order valence-electron chi connectivity index (χ0n) is 11.1. The summed E-state index contributed by atoms with van der Waals surface area (Å²) in [7, 11) is 0. The third-order valence-corrected chi connectivity index (χ3v) is 5.61. The molecule has 0 bridgehead atoms. The van der Waals surface area contributed by atoms with Crippen LogP contribution in [0.2, 0.25) is 0 Å². The first-order chi connectivity index (χ1) is 10.2. The average molecular weight is 379 g/mol. The van der Waals surface area contributed by atoms with Gasteiger partial charge in [-0.15, -0.1) is 11.3 Å².